The number of hydrogen-bond acceptors (Lipinski definition) is 3. The average molecular weight is 333 g/mol. The molecule has 0 aliphatic heterocycles. The fraction of sp³-hybridized carbons (Fsp3) is 0.100. The summed E-state index contributed by atoms with van der Waals surface area (Å²) in [5, 5.41) is 5.60. The van der Waals surface area contributed by atoms with Crippen molar-refractivity contribution in [1.29, 1.82) is 0 Å². The second-order valence-electron chi connectivity index (χ2n) is 5.54. The largest absolute Gasteiger partial charge is 0.497 e. The summed E-state index contributed by atoms with van der Waals surface area (Å²) in [5.41, 5.74) is 3.82. The normalized spacial score (nSPS) is 10.1. The molecule has 2 aromatic carbocycles. The lowest BCUT2D eigenvalue weighted by Crippen LogP contribution is -2.19. The van der Waals surface area contributed by atoms with Crippen molar-refractivity contribution in [2.45, 2.75) is 6.42 Å². The number of anilines is 2. The maximum atomic E-state index is 12.1. The Morgan fingerprint density at radius 2 is 1.36 bits per heavy atom. The lowest BCUT2D eigenvalue weighted by Gasteiger charge is -2.09. The standard InChI is InChI=1S/C20H19N3O2/c1-25-19-8-6-18(7-9-19)23-20(24)22-17-4-2-15(3-5-17)14-16-10-12-21-13-11-16/h2-13H,14H2,1H3,(H2,22,23,24). The first kappa shape index (κ1) is 16.5. The van der Waals surface area contributed by atoms with Gasteiger partial charge in [-0.2, -0.15) is 0 Å². The van der Waals surface area contributed by atoms with Crippen LogP contribution in [0.15, 0.2) is 73.1 Å². The van der Waals surface area contributed by atoms with E-state index in [9.17, 15) is 4.79 Å². The van der Waals surface area contributed by atoms with Gasteiger partial charge in [-0.1, -0.05) is 12.1 Å². The second kappa shape index (κ2) is 7.97. The van der Waals surface area contributed by atoms with Crippen LogP contribution in [0.25, 0.3) is 0 Å². The average Bonchev–Trinajstić information content (AvgIpc) is 2.65. The number of pyridine rings is 1. The summed E-state index contributed by atoms with van der Waals surface area (Å²) in [6.45, 7) is 0. The highest BCUT2D eigenvalue weighted by Gasteiger charge is 2.03. The maximum absolute atomic E-state index is 12.1. The van der Waals surface area contributed by atoms with Gasteiger partial charge in [0.25, 0.3) is 0 Å². The van der Waals surface area contributed by atoms with Gasteiger partial charge in [-0.05, 0) is 66.1 Å². The molecule has 25 heavy (non-hydrogen) atoms. The van der Waals surface area contributed by atoms with Gasteiger partial charge in [-0.25, -0.2) is 4.79 Å². The second-order valence-corrected chi connectivity index (χ2v) is 5.54. The number of benzene rings is 2. The minimum Gasteiger partial charge on any atom is -0.497 e. The van der Waals surface area contributed by atoms with Gasteiger partial charge in [0, 0.05) is 23.8 Å². The van der Waals surface area contributed by atoms with Gasteiger partial charge in [0.15, 0.2) is 0 Å². The van der Waals surface area contributed by atoms with Gasteiger partial charge in [0.2, 0.25) is 0 Å². The van der Waals surface area contributed by atoms with E-state index in [-0.39, 0.29) is 6.03 Å². The van der Waals surface area contributed by atoms with Crippen LogP contribution < -0.4 is 15.4 Å². The van der Waals surface area contributed by atoms with Crippen molar-refractivity contribution in [3.05, 3.63) is 84.2 Å². The minimum absolute atomic E-state index is 0.285. The summed E-state index contributed by atoms with van der Waals surface area (Å²) >= 11 is 0. The fourth-order valence-corrected chi connectivity index (χ4v) is 2.41. The Hall–Kier alpha value is -3.34. The third kappa shape index (κ3) is 4.81. The Morgan fingerprint density at radius 1 is 0.840 bits per heavy atom. The molecule has 126 valence electrons. The van der Waals surface area contributed by atoms with Crippen LogP contribution in [0.5, 0.6) is 5.75 Å². The van der Waals surface area contributed by atoms with E-state index in [1.165, 1.54) is 11.1 Å². The number of aromatic nitrogens is 1. The Kier molecular flexibility index (Phi) is 5.26. The van der Waals surface area contributed by atoms with E-state index in [1.807, 2.05) is 36.4 Å². The van der Waals surface area contributed by atoms with Crippen molar-refractivity contribution >= 4 is 17.4 Å². The van der Waals surface area contributed by atoms with E-state index in [0.717, 1.165) is 17.9 Å². The van der Waals surface area contributed by atoms with Crippen LogP contribution >= 0.6 is 0 Å². The van der Waals surface area contributed by atoms with Crippen molar-refractivity contribution in [1.82, 2.24) is 4.98 Å². The highest BCUT2D eigenvalue weighted by Crippen LogP contribution is 2.16. The van der Waals surface area contributed by atoms with E-state index >= 15 is 0 Å². The lowest BCUT2D eigenvalue weighted by molar-refractivity contribution is 0.262. The van der Waals surface area contributed by atoms with Crippen LogP contribution in [-0.2, 0) is 6.42 Å². The monoisotopic (exact) mass is 333 g/mol. The molecule has 0 spiro atoms. The molecule has 0 unspecified atom stereocenters. The molecule has 0 radical (unpaired) electrons. The molecule has 2 N–H and O–H groups in total. The summed E-state index contributed by atoms with van der Waals surface area (Å²) in [5.74, 6) is 0.746. The third-order valence-corrected chi connectivity index (χ3v) is 3.72. The predicted octanol–water partition coefficient (Wildman–Crippen LogP) is 4.33. The van der Waals surface area contributed by atoms with Crippen LogP contribution in [0.4, 0.5) is 16.2 Å². The van der Waals surface area contributed by atoms with Crippen molar-refractivity contribution in [3.63, 3.8) is 0 Å². The molecule has 1 aromatic heterocycles. The summed E-state index contributed by atoms with van der Waals surface area (Å²) in [6, 6.07) is 18.7. The number of nitrogens with one attached hydrogen (secondary N) is 2. The molecule has 0 aliphatic carbocycles. The zero-order valence-electron chi connectivity index (χ0n) is 13.9. The van der Waals surface area contributed by atoms with Gasteiger partial charge in [-0.15, -0.1) is 0 Å². The van der Waals surface area contributed by atoms with Crippen molar-refractivity contribution in [2.24, 2.45) is 0 Å². The Labute approximate surface area is 146 Å². The summed E-state index contributed by atoms with van der Waals surface area (Å²) in [4.78, 5) is 16.1. The van der Waals surface area contributed by atoms with Crippen molar-refractivity contribution in [3.8, 4) is 5.75 Å². The maximum Gasteiger partial charge on any atom is 0.323 e. The van der Waals surface area contributed by atoms with E-state index in [0.29, 0.717) is 5.69 Å². The fourth-order valence-electron chi connectivity index (χ4n) is 2.41. The Bertz CT molecular complexity index is 816. The molecule has 0 bridgehead atoms. The summed E-state index contributed by atoms with van der Waals surface area (Å²) in [7, 11) is 1.60. The van der Waals surface area contributed by atoms with Crippen LogP contribution in [0.1, 0.15) is 11.1 Å². The predicted molar refractivity (Wildman–Crippen MR) is 99.1 cm³/mol. The molecular weight excluding hydrogens is 314 g/mol. The molecule has 3 aromatic rings. The first-order valence-corrected chi connectivity index (χ1v) is 7.93. The Morgan fingerprint density at radius 3 is 1.92 bits per heavy atom. The van der Waals surface area contributed by atoms with Gasteiger partial charge >= 0.3 is 6.03 Å². The molecule has 0 fully saturated rings. The van der Waals surface area contributed by atoms with Crippen molar-refractivity contribution < 1.29 is 9.53 Å². The number of methoxy groups -OCH3 is 1. The summed E-state index contributed by atoms with van der Waals surface area (Å²) < 4.78 is 5.09. The molecule has 2 amide bonds. The highest BCUT2D eigenvalue weighted by atomic mass is 16.5. The third-order valence-electron chi connectivity index (χ3n) is 3.72. The smallest absolute Gasteiger partial charge is 0.323 e. The van der Waals surface area contributed by atoms with Gasteiger partial charge < -0.3 is 15.4 Å². The van der Waals surface area contributed by atoms with Gasteiger partial charge in [0.05, 0.1) is 7.11 Å². The number of carbonyl (C=O) groups is 1. The molecular formula is C20H19N3O2. The molecule has 5 heteroatoms. The number of hydrogen-bond donors (Lipinski definition) is 2. The SMILES string of the molecule is COc1ccc(NC(=O)Nc2ccc(Cc3ccncc3)cc2)cc1. The molecule has 1 heterocycles. The van der Waals surface area contributed by atoms with Crippen LogP contribution in [0.3, 0.4) is 0 Å². The number of rotatable bonds is 5. The first-order chi connectivity index (χ1) is 12.2. The van der Waals surface area contributed by atoms with E-state index in [4.69, 9.17) is 4.74 Å². The highest BCUT2D eigenvalue weighted by molar-refractivity contribution is 5.99. The van der Waals surface area contributed by atoms with E-state index < -0.39 is 0 Å². The van der Waals surface area contributed by atoms with Crippen molar-refractivity contribution in [2.75, 3.05) is 17.7 Å². The number of ether oxygens (including phenoxy) is 1. The molecule has 0 atom stereocenters. The Balaban J connectivity index is 1.56. The zero-order chi connectivity index (χ0) is 17.5. The van der Waals surface area contributed by atoms with Crippen LogP contribution in [0.2, 0.25) is 0 Å². The quantitative estimate of drug-likeness (QED) is 0.731. The topological polar surface area (TPSA) is 63.2 Å². The zero-order valence-corrected chi connectivity index (χ0v) is 13.9. The van der Waals surface area contributed by atoms with Gasteiger partial charge in [-0.3, -0.25) is 4.98 Å². The van der Waals surface area contributed by atoms with Gasteiger partial charge in [0.1, 0.15) is 5.75 Å². The lowest BCUT2D eigenvalue weighted by atomic mass is 10.1. The number of amides is 2. The first-order valence-electron chi connectivity index (χ1n) is 7.93. The molecule has 3 rings (SSSR count). The number of urea groups is 1. The number of carbonyl (C=O) groups excluding carboxylic acids is 1. The molecule has 0 aliphatic rings. The molecule has 0 saturated carbocycles. The minimum atomic E-state index is -0.285. The van der Waals surface area contributed by atoms with E-state index in [1.54, 1.807) is 43.8 Å². The van der Waals surface area contributed by atoms with Crippen LogP contribution in [0, 0.1) is 0 Å². The van der Waals surface area contributed by atoms with E-state index in [2.05, 4.69) is 15.6 Å². The molecule has 5 nitrogen and oxygen atoms in total. The number of nitrogens with zero attached hydrogens (tertiary/aromatic N) is 1. The summed E-state index contributed by atoms with van der Waals surface area (Å²) in [6.07, 6.45) is 4.41. The molecule has 0 saturated heterocycles. The van der Waals surface area contributed by atoms with Crippen LogP contribution in [-0.4, -0.2) is 18.1 Å².